The van der Waals surface area contributed by atoms with E-state index in [1.54, 1.807) is 0 Å². The van der Waals surface area contributed by atoms with Crippen molar-refractivity contribution in [1.29, 1.82) is 0 Å². The van der Waals surface area contributed by atoms with Crippen LogP contribution in [0.4, 0.5) is 0 Å². The average Bonchev–Trinajstić information content (AvgIpc) is 2.34. The molecule has 1 rings (SSSR count). The second-order valence-corrected chi connectivity index (χ2v) is 4.18. The third-order valence-electron chi connectivity index (χ3n) is 2.92. The fraction of sp³-hybridized carbons (Fsp3) is 0.750. The maximum absolute atomic E-state index is 10.7. The van der Waals surface area contributed by atoms with E-state index < -0.39 is 5.97 Å². The van der Waals surface area contributed by atoms with E-state index in [-0.39, 0.29) is 5.92 Å². The Hall–Kier alpha value is -1.25. The highest BCUT2D eigenvalue weighted by Gasteiger charge is 2.26. The zero-order chi connectivity index (χ0) is 12.5. The van der Waals surface area contributed by atoms with E-state index in [0.29, 0.717) is 12.5 Å². The van der Waals surface area contributed by atoms with Crippen LogP contribution in [0.1, 0.15) is 39.0 Å². The van der Waals surface area contributed by atoms with Gasteiger partial charge in [-0.25, -0.2) is 4.89 Å². The van der Waals surface area contributed by atoms with Crippen molar-refractivity contribution in [3.05, 3.63) is 0 Å². The monoisotopic (exact) mass is 241 g/mol. The first-order chi connectivity index (χ1) is 8.24. The number of carboxylic acid groups (broad SMARTS) is 1. The molecule has 1 aliphatic rings. The summed E-state index contributed by atoms with van der Waals surface area (Å²) >= 11 is 0. The van der Waals surface area contributed by atoms with Gasteiger partial charge < -0.3 is 5.11 Å². The number of nitrogens with one attached hydrogen (secondary N) is 1. The molecule has 96 valence electrons. The van der Waals surface area contributed by atoms with Crippen LogP contribution in [0.3, 0.4) is 0 Å². The van der Waals surface area contributed by atoms with Gasteiger partial charge in [0, 0.05) is 12.5 Å². The molecule has 0 aromatic heterocycles. The highest BCUT2D eigenvalue weighted by atomic mass is 17.3. The molecular weight excluding hydrogens is 222 g/mol. The van der Waals surface area contributed by atoms with E-state index in [0.717, 1.165) is 32.1 Å². The molecule has 5 nitrogen and oxygen atoms in total. The topological polar surface area (TPSA) is 67.8 Å². The van der Waals surface area contributed by atoms with E-state index in [1.165, 1.54) is 0 Å². The quantitative estimate of drug-likeness (QED) is 0.252. The molecule has 0 aromatic carbocycles. The summed E-state index contributed by atoms with van der Waals surface area (Å²) in [5.74, 6) is 2.29. The molecule has 5 heteroatoms. The number of carbonyl (C=O) groups is 1. The summed E-state index contributed by atoms with van der Waals surface area (Å²) in [5.41, 5.74) is 2.38. The Labute approximate surface area is 101 Å². The number of aliphatic carboxylic acids is 1. The van der Waals surface area contributed by atoms with Gasteiger partial charge in [0.05, 0.1) is 12.5 Å². The molecule has 0 radical (unpaired) electrons. The van der Waals surface area contributed by atoms with Gasteiger partial charge in [-0.1, -0.05) is 12.8 Å². The first kappa shape index (κ1) is 13.8. The summed E-state index contributed by atoms with van der Waals surface area (Å²) in [6.07, 6.45) is 3.97. The molecule has 2 N–H and O–H groups in total. The zero-order valence-electron chi connectivity index (χ0n) is 10.1. The Bertz CT molecular complexity index is 287. The molecule has 0 saturated heterocycles. The van der Waals surface area contributed by atoms with Crippen LogP contribution in [0.25, 0.3) is 0 Å². The lowest BCUT2D eigenvalue weighted by Crippen LogP contribution is -2.24. The zero-order valence-corrected chi connectivity index (χ0v) is 10.1. The van der Waals surface area contributed by atoms with Crippen LogP contribution in [0, 0.1) is 23.8 Å². The second-order valence-electron chi connectivity index (χ2n) is 4.18. The molecule has 0 heterocycles. The summed E-state index contributed by atoms with van der Waals surface area (Å²) < 4.78 is 0. The van der Waals surface area contributed by atoms with Gasteiger partial charge in [0.2, 0.25) is 0 Å². The fourth-order valence-corrected chi connectivity index (χ4v) is 1.88. The maximum atomic E-state index is 10.7. The molecule has 0 amide bonds. The standard InChI is InChI=1S/C12H19NO4/c1-2-3-8-13-17-16-9-10-4-6-11(7-5-10)12(14)15/h10-11,13H,2,4-7,9H2,1H3,(H,14,15). The number of hydrogen-bond acceptors (Lipinski definition) is 4. The van der Waals surface area contributed by atoms with Crippen LogP contribution >= 0.6 is 0 Å². The SMILES string of the molecule is CCC#CNOOCC1CCC(C(=O)O)CC1. The number of carboxylic acids is 1. The van der Waals surface area contributed by atoms with Crippen molar-refractivity contribution < 1.29 is 19.8 Å². The van der Waals surface area contributed by atoms with Crippen LogP contribution in [0.15, 0.2) is 0 Å². The lowest BCUT2D eigenvalue weighted by Gasteiger charge is -2.24. The number of rotatable bonds is 5. The third kappa shape index (κ3) is 5.57. The summed E-state index contributed by atoms with van der Waals surface area (Å²) in [7, 11) is 0. The summed E-state index contributed by atoms with van der Waals surface area (Å²) in [6.45, 7) is 2.42. The van der Waals surface area contributed by atoms with E-state index in [1.807, 2.05) is 6.92 Å². The molecular formula is C12H19NO4. The Morgan fingerprint density at radius 2 is 2.12 bits per heavy atom. The normalized spacial score (nSPS) is 23.6. The van der Waals surface area contributed by atoms with Gasteiger partial charge in [0.15, 0.2) is 0 Å². The van der Waals surface area contributed by atoms with Crippen molar-refractivity contribution in [2.24, 2.45) is 11.8 Å². The minimum absolute atomic E-state index is 0.180. The van der Waals surface area contributed by atoms with E-state index in [9.17, 15) is 4.79 Å². The van der Waals surface area contributed by atoms with Crippen molar-refractivity contribution in [3.8, 4) is 12.0 Å². The predicted octanol–water partition coefficient (Wildman–Crippen LogP) is 1.70. The largest absolute Gasteiger partial charge is 0.481 e. The van der Waals surface area contributed by atoms with Crippen molar-refractivity contribution >= 4 is 5.97 Å². The predicted molar refractivity (Wildman–Crippen MR) is 61.3 cm³/mol. The molecule has 0 aromatic rings. The Morgan fingerprint density at radius 3 is 2.71 bits per heavy atom. The molecule has 0 aliphatic heterocycles. The minimum Gasteiger partial charge on any atom is -0.481 e. The molecule has 1 aliphatic carbocycles. The smallest absolute Gasteiger partial charge is 0.306 e. The summed E-state index contributed by atoms with van der Waals surface area (Å²) in [5, 5.41) is 8.84. The van der Waals surface area contributed by atoms with Crippen LogP contribution in [0.2, 0.25) is 0 Å². The van der Waals surface area contributed by atoms with Crippen LogP contribution in [-0.2, 0) is 14.7 Å². The summed E-state index contributed by atoms with van der Waals surface area (Å²) in [4.78, 5) is 20.4. The van der Waals surface area contributed by atoms with Crippen molar-refractivity contribution in [3.63, 3.8) is 0 Å². The van der Waals surface area contributed by atoms with Gasteiger partial charge in [-0.05, 0) is 31.6 Å². The first-order valence-electron chi connectivity index (χ1n) is 5.98. The second kappa shape index (κ2) is 7.93. The third-order valence-corrected chi connectivity index (χ3v) is 2.92. The van der Waals surface area contributed by atoms with Gasteiger partial charge in [-0.2, -0.15) is 5.48 Å². The summed E-state index contributed by atoms with van der Waals surface area (Å²) in [6, 6.07) is 2.57. The van der Waals surface area contributed by atoms with Crippen molar-refractivity contribution in [2.75, 3.05) is 6.61 Å². The van der Waals surface area contributed by atoms with Crippen LogP contribution in [-0.4, -0.2) is 17.7 Å². The molecule has 1 saturated carbocycles. The van der Waals surface area contributed by atoms with E-state index >= 15 is 0 Å². The van der Waals surface area contributed by atoms with Crippen LogP contribution in [0.5, 0.6) is 0 Å². The van der Waals surface area contributed by atoms with Crippen molar-refractivity contribution in [2.45, 2.75) is 39.0 Å². The van der Waals surface area contributed by atoms with E-state index in [4.69, 9.17) is 9.99 Å². The lowest BCUT2D eigenvalue weighted by molar-refractivity contribution is -0.331. The maximum Gasteiger partial charge on any atom is 0.306 e. The Balaban J connectivity index is 2.04. The van der Waals surface area contributed by atoms with Gasteiger partial charge >= 0.3 is 5.97 Å². The fourth-order valence-electron chi connectivity index (χ4n) is 1.88. The average molecular weight is 241 g/mol. The molecule has 0 bridgehead atoms. The highest BCUT2D eigenvalue weighted by molar-refractivity contribution is 5.69. The van der Waals surface area contributed by atoms with Gasteiger partial charge in [0.1, 0.15) is 0 Å². The van der Waals surface area contributed by atoms with E-state index in [2.05, 4.69) is 22.4 Å². The lowest BCUT2D eigenvalue weighted by atomic mass is 9.82. The molecule has 0 spiro atoms. The molecule has 1 fully saturated rings. The number of hydroxylamine groups is 1. The highest BCUT2D eigenvalue weighted by Crippen LogP contribution is 2.28. The minimum atomic E-state index is -0.683. The van der Waals surface area contributed by atoms with Crippen molar-refractivity contribution in [1.82, 2.24) is 5.48 Å². The number of hydrogen-bond donors (Lipinski definition) is 2. The van der Waals surface area contributed by atoms with Gasteiger partial charge in [0.25, 0.3) is 0 Å². The Kier molecular flexibility index (Phi) is 6.45. The van der Waals surface area contributed by atoms with Gasteiger partial charge in [-0.3, -0.25) is 4.79 Å². The molecule has 0 unspecified atom stereocenters. The molecule has 0 atom stereocenters. The van der Waals surface area contributed by atoms with Gasteiger partial charge in [-0.15, -0.1) is 4.99 Å². The molecule has 17 heavy (non-hydrogen) atoms. The Morgan fingerprint density at radius 1 is 1.41 bits per heavy atom. The van der Waals surface area contributed by atoms with Crippen LogP contribution < -0.4 is 5.48 Å². The first-order valence-corrected chi connectivity index (χ1v) is 5.98.